The highest BCUT2D eigenvalue weighted by Crippen LogP contribution is 2.09. The predicted octanol–water partition coefficient (Wildman–Crippen LogP) is 0.856. The van der Waals surface area contributed by atoms with Crippen molar-refractivity contribution in [2.24, 2.45) is 0 Å². The summed E-state index contributed by atoms with van der Waals surface area (Å²) in [4.78, 5) is 1.07. The van der Waals surface area contributed by atoms with Crippen molar-refractivity contribution in [1.82, 2.24) is 0 Å². The van der Waals surface area contributed by atoms with Gasteiger partial charge < -0.3 is 5.11 Å². The highest BCUT2D eigenvalue weighted by Gasteiger charge is 2.11. The van der Waals surface area contributed by atoms with Crippen LogP contribution >= 0.6 is 11.3 Å². The SMILES string of the molecule is CC[n+]1csc(CO)c1C. The van der Waals surface area contributed by atoms with E-state index in [0.29, 0.717) is 0 Å². The monoisotopic (exact) mass is 158 g/mol. The number of aromatic nitrogens is 1. The molecular formula is C7H12NOS+. The fraction of sp³-hybridized carbons (Fsp3) is 0.571. The van der Waals surface area contributed by atoms with Crippen molar-refractivity contribution in [3.8, 4) is 0 Å². The first kappa shape index (κ1) is 7.69. The molecule has 0 saturated heterocycles. The molecule has 0 radical (unpaired) electrons. The predicted molar refractivity (Wildman–Crippen MR) is 40.8 cm³/mol. The third kappa shape index (κ3) is 1.20. The van der Waals surface area contributed by atoms with Crippen LogP contribution < -0.4 is 4.57 Å². The van der Waals surface area contributed by atoms with E-state index in [2.05, 4.69) is 11.5 Å². The lowest BCUT2D eigenvalue weighted by molar-refractivity contribution is -0.695. The van der Waals surface area contributed by atoms with Crippen molar-refractivity contribution in [2.45, 2.75) is 27.0 Å². The molecule has 1 rings (SSSR count). The number of rotatable bonds is 2. The average molecular weight is 158 g/mol. The molecule has 56 valence electrons. The summed E-state index contributed by atoms with van der Waals surface area (Å²) >= 11 is 1.61. The molecule has 0 spiro atoms. The molecule has 0 aliphatic heterocycles. The van der Waals surface area contributed by atoms with Gasteiger partial charge in [0.2, 0.25) is 5.51 Å². The summed E-state index contributed by atoms with van der Waals surface area (Å²) < 4.78 is 2.14. The first-order valence-electron chi connectivity index (χ1n) is 3.36. The molecule has 0 atom stereocenters. The molecule has 0 saturated carbocycles. The standard InChI is InChI=1S/C7H12NOS/c1-3-8-5-10-7(4-9)6(8)2/h5,9H,3-4H2,1-2H3/q+1. The maximum atomic E-state index is 8.82. The van der Waals surface area contributed by atoms with Gasteiger partial charge in [-0.05, 0) is 6.92 Å². The van der Waals surface area contributed by atoms with Gasteiger partial charge >= 0.3 is 0 Å². The van der Waals surface area contributed by atoms with Crippen LogP contribution in [-0.2, 0) is 13.2 Å². The normalized spacial score (nSPS) is 10.3. The molecular weight excluding hydrogens is 146 g/mol. The molecule has 10 heavy (non-hydrogen) atoms. The molecule has 0 amide bonds. The Morgan fingerprint density at radius 1 is 1.70 bits per heavy atom. The van der Waals surface area contributed by atoms with E-state index in [9.17, 15) is 0 Å². The van der Waals surface area contributed by atoms with Crippen LogP contribution in [0.15, 0.2) is 5.51 Å². The molecule has 0 bridgehead atoms. The smallest absolute Gasteiger partial charge is 0.225 e. The Morgan fingerprint density at radius 3 is 2.70 bits per heavy atom. The molecule has 0 aromatic carbocycles. The Labute approximate surface area is 64.8 Å². The first-order chi connectivity index (χ1) is 4.79. The third-order valence-corrected chi connectivity index (χ3v) is 2.71. The van der Waals surface area contributed by atoms with Crippen molar-refractivity contribution in [2.75, 3.05) is 0 Å². The summed E-state index contributed by atoms with van der Waals surface area (Å²) in [5.74, 6) is 0. The van der Waals surface area contributed by atoms with E-state index in [0.717, 1.165) is 11.4 Å². The highest BCUT2D eigenvalue weighted by molar-refractivity contribution is 7.09. The molecule has 1 heterocycles. The van der Waals surface area contributed by atoms with E-state index >= 15 is 0 Å². The fourth-order valence-electron chi connectivity index (χ4n) is 0.915. The summed E-state index contributed by atoms with van der Waals surface area (Å²) in [5.41, 5.74) is 3.23. The van der Waals surface area contributed by atoms with E-state index in [1.807, 2.05) is 12.4 Å². The zero-order chi connectivity index (χ0) is 7.56. The van der Waals surface area contributed by atoms with Crippen LogP contribution in [0.4, 0.5) is 0 Å². The Bertz CT molecular complexity index is 198. The minimum absolute atomic E-state index is 0.170. The van der Waals surface area contributed by atoms with Crippen LogP contribution in [0.3, 0.4) is 0 Å². The Balaban J connectivity index is 2.97. The maximum Gasteiger partial charge on any atom is 0.225 e. The zero-order valence-electron chi connectivity index (χ0n) is 6.29. The van der Waals surface area contributed by atoms with Crippen LogP contribution in [0, 0.1) is 6.92 Å². The summed E-state index contributed by atoms with van der Waals surface area (Å²) in [6.07, 6.45) is 0. The lowest BCUT2D eigenvalue weighted by atomic mass is 10.4. The number of nitrogens with zero attached hydrogens (tertiary/aromatic N) is 1. The van der Waals surface area contributed by atoms with Crippen molar-refractivity contribution in [1.29, 1.82) is 0 Å². The van der Waals surface area contributed by atoms with Gasteiger partial charge in [0, 0.05) is 6.92 Å². The van der Waals surface area contributed by atoms with Gasteiger partial charge in [0.15, 0.2) is 5.69 Å². The minimum atomic E-state index is 0.170. The summed E-state index contributed by atoms with van der Waals surface area (Å²) in [6.45, 7) is 5.29. The second kappa shape index (κ2) is 3.12. The van der Waals surface area contributed by atoms with Crippen LogP contribution in [0.1, 0.15) is 17.5 Å². The Kier molecular flexibility index (Phi) is 2.40. The number of aliphatic hydroxyl groups is 1. The molecule has 1 aromatic heterocycles. The van der Waals surface area contributed by atoms with Crippen LogP contribution in [0.25, 0.3) is 0 Å². The van der Waals surface area contributed by atoms with Gasteiger partial charge in [-0.3, -0.25) is 0 Å². The molecule has 1 aromatic rings. The lowest BCUT2D eigenvalue weighted by Gasteiger charge is -1.88. The van der Waals surface area contributed by atoms with Gasteiger partial charge in [-0.2, -0.15) is 4.57 Å². The van der Waals surface area contributed by atoms with Gasteiger partial charge in [0.1, 0.15) is 11.4 Å². The number of aliphatic hydroxyl groups excluding tert-OH is 1. The summed E-state index contributed by atoms with van der Waals surface area (Å²) in [6, 6.07) is 0. The number of hydrogen-bond donors (Lipinski definition) is 1. The molecule has 2 nitrogen and oxygen atoms in total. The van der Waals surface area contributed by atoms with E-state index < -0.39 is 0 Å². The van der Waals surface area contributed by atoms with Crippen LogP contribution in [0.5, 0.6) is 0 Å². The largest absolute Gasteiger partial charge is 0.391 e. The second-order valence-corrected chi connectivity index (χ2v) is 3.12. The molecule has 3 heteroatoms. The van der Waals surface area contributed by atoms with Gasteiger partial charge in [-0.15, -0.1) is 0 Å². The topological polar surface area (TPSA) is 24.1 Å². The molecule has 0 unspecified atom stereocenters. The van der Waals surface area contributed by atoms with Crippen molar-refractivity contribution in [3.63, 3.8) is 0 Å². The molecule has 1 N–H and O–H groups in total. The third-order valence-electron chi connectivity index (χ3n) is 1.64. The number of aryl methyl sites for hydroxylation is 1. The van der Waals surface area contributed by atoms with E-state index in [1.165, 1.54) is 5.69 Å². The Hall–Kier alpha value is -0.410. The van der Waals surface area contributed by atoms with Crippen molar-refractivity contribution in [3.05, 3.63) is 16.1 Å². The van der Waals surface area contributed by atoms with Gasteiger partial charge in [-0.25, -0.2) is 0 Å². The van der Waals surface area contributed by atoms with Crippen molar-refractivity contribution >= 4 is 11.3 Å². The average Bonchev–Trinajstić information content (AvgIpc) is 2.30. The molecule has 0 aliphatic rings. The Morgan fingerprint density at radius 2 is 2.40 bits per heavy atom. The molecule has 0 aliphatic carbocycles. The van der Waals surface area contributed by atoms with Gasteiger partial charge in [0.25, 0.3) is 0 Å². The van der Waals surface area contributed by atoms with Crippen molar-refractivity contribution < 1.29 is 9.67 Å². The number of hydrogen-bond acceptors (Lipinski definition) is 2. The first-order valence-corrected chi connectivity index (χ1v) is 4.24. The summed E-state index contributed by atoms with van der Waals surface area (Å²) in [7, 11) is 0. The van der Waals surface area contributed by atoms with Crippen LogP contribution in [-0.4, -0.2) is 5.11 Å². The minimum Gasteiger partial charge on any atom is -0.391 e. The highest BCUT2D eigenvalue weighted by atomic mass is 32.1. The molecule has 0 fully saturated rings. The number of thiazole rings is 1. The summed E-state index contributed by atoms with van der Waals surface area (Å²) in [5, 5.41) is 8.82. The van der Waals surface area contributed by atoms with Gasteiger partial charge in [-0.1, -0.05) is 11.3 Å². The lowest BCUT2D eigenvalue weighted by Crippen LogP contribution is -2.32. The van der Waals surface area contributed by atoms with E-state index in [-0.39, 0.29) is 6.61 Å². The van der Waals surface area contributed by atoms with Crippen LogP contribution in [0.2, 0.25) is 0 Å². The van der Waals surface area contributed by atoms with E-state index in [4.69, 9.17) is 5.11 Å². The van der Waals surface area contributed by atoms with E-state index in [1.54, 1.807) is 11.3 Å². The van der Waals surface area contributed by atoms with Gasteiger partial charge in [0.05, 0.1) is 6.61 Å². The quantitative estimate of drug-likeness (QED) is 0.634. The fourth-order valence-corrected chi connectivity index (χ4v) is 1.84. The zero-order valence-corrected chi connectivity index (χ0v) is 7.11. The maximum absolute atomic E-state index is 8.82. The second-order valence-electron chi connectivity index (χ2n) is 2.18.